The van der Waals surface area contributed by atoms with Crippen molar-refractivity contribution in [2.24, 2.45) is 0 Å². The largest absolute Gasteiger partial charge is 0.306 e. The molecule has 0 aliphatic heterocycles. The van der Waals surface area contributed by atoms with Gasteiger partial charge in [-0.1, -0.05) is 24.6 Å². The van der Waals surface area contributed by atoms with Gasteiger partial charge in [-0.05, 0) is 54.0 Å². The Morgan fingerprint density at radius 2 is 2.00 bits per heavy atom. The fourth-order valence-electron chi connectivity index (χ4n) is 2.22. The zero-order valence-electron chi connectivity index (χ0n) is 12.0. The maximum atomic E-state index is 14.5. The molecule has 1 aromatic carbocycles. The highest BCUT2D eigenvalue weighted by Gasteiger charge is 2.22. The number of hydrogen-bond acceptors (Lipinski definition) is 3. The number of rotatable bonds is 4. The number of halogens is 3. The molecule has 0 fully saturated rings. The van der Waals surface area contributed by atoms with E-state index in [0.717, 1.165) is 17.0 Å². The lowest BCUT2D eigenvalue weighted by molar-refractivity contribution is 0.555. The quantitative estimate of drug-likeness (QED) is 0.811. The summed E-state index contributed by atoms with van der Waals surface area (Å²) in [5.74, 6) is -0.425. The van der Waals surface area contributed by atoms with Crippen molar-refractivity contribution < 1.29 is 4.39 Å². The molecule has 0 amide bonds. The highest BCUT2D eigenvalue weighted by molar-refractivity contribution is 9.10. The smallest absolute Gasteiger partial charge is 0.148 e. The molecule has 2 rings (SSSR count). The average Bonchev–Trinajstić information content (AvgIpc) is 2.46. The van der Waals surface area contributed by atoms with Crippen LogP contribution in [0.25, 0.3) is 0 Å². The summed E-state index contributed by atoms with van der Waals surface area (Å²) in [5, 5.41) is 11.5. The number of aryl methyl sites for hydroxylation is 2. The van der Waals surface area contributed by atoms with E-state index < -0.39 is 5.82 Å². The molecule has 21 heavy (non-hydrogen) atoms. The van der Waals surface area contributed by atoms with E-state index in [9.17, 15) is 4.39 Å². The van der Waals surface area contributed by atoms with Gasteiger partial charge in [0.1, 0.15) is 5.82 Å². The summed E-state index contributed by atoms with van der Waals surface area (Å²) in [6.07, 6.45) is 0. The molecule has 0 aliphatic rings. The minimum atomic E-state index is -0.425. The predicted octanol–water partition coefficient (Wildman–Crippen LogP) is 4.35. The molecule has 1 aromatic heterocycles. The van der Waals surface area contributed by atoms with Gasteiger partial charge in [-0.15, -0.1) is 0 Å². The Hall–Kier alpha value is -1.04. The zero-order chi connectivity index (χ0) is 15.6. The number of hydrogen-bond donors (Lipinski definition) is 1. The van der Waals surface area contributed by atoms with Gasteiger partial charge in [0.05, 0.1) is 22.5 Å². The van der Waals surface area contributed by atoms with Crippen LogP contribution in [0.3, 0.4) is 0 Å². The van der Waals surface area contributed by atoms with E-state index in [2.05, 4.69) is 31.4 Å². The van der Waals surface area contributed by atoms with E-state index in [0.29, 0.717) is 16.6 Å². The van der Waals surface area contributed by atoms with Crippen molar-refractivity contribution in [3.05, 3.63) is 56.0 Å². The molecule has 3 nitrogen and oxygen atoms in total. The minimum absolute atomic E-state index is 0.0896. The molecule has 2 aromatic rings. The van der Waals surface area contributed by atoms with Crippen LogP contribution < -0.4 is 5.32 Å². The van der Waals surface area contributed by atoms with Crippen molar-refractivity contribution >= 4 is 27.5 Å². The van der Waals surface area contributed by atoms with Crippen molar-refractivity contribution in [1.29, 1.82) is 0 Å². The standard InChI is InChI=1S/C15H16BrClFN3/c1-4-19-15(11-7-8(2)20-21-9(11)3)10-5-6-12(16)13(17)14(10)18/h5-7,15,19H,4H2,1-3H3. The van der Waals surface area contributed by atoms with Crippen molar-refractivity contribution in [2.45, 2.75) is 26.8 Å². The molecule has 0 bridgehead atoms. The van der Waals surface area contributed by atoms with E-state index in [1.54, 1.807) is 12.1 Å². The Morgan fingerprint density at radius 1 is 1.29 bits per heavy atom. The number of nitrogens with zero attached hydrogens (tertiary/aromatic N) is 2. The lowest BCUT2D eigenvalue weighted by Crippen LogP contribution is -2.24. The van der Waals surface area contributed by atoms with Crippen LogP contribution in [0.1, 0.15) is 35.5 Å². The van der Waals surface area contributed by atoms with Crippen molar-refractivity contribution in [3.8, 4) is 0 Å². The summed E-state index contributed by atoms with van der Waals surface area (Å²) in [6.45, 7) is 6.40. The Morgan fingerprint density at radius 3 is 2.67 bits per heavy atom. The van der Waals surface area contributed by atoms with Crippen molar-refractivity contribution in [1.82, 2.24) is 15.5 Å². The summed E-state index contributed by atoms with van der Waals surface area (Å²) in [7, 11) is 0. The molecule has 0 radical (unpaired) electrons. The molecule has 112 valence electrons. The Labute approximate surface area is 137 Å². The normalized spacial score (nSPS) is 12.5. The van der Waals surface area contributed by atoms with Crippen LogP contribution in [0.5, 0.6) is 0 Å². The Bertz CT molecular complexity index is 664. The summed E-state index contributed by atoms with van der Waals surface area (Å²) in [5.41, 5.74) is 2.97. The molecule has 1 heterocycles. The lowest BCUT2D eigenvalue weighted by Gasteiger charge is -2.21. The maximum Gasteiger partial charge on any atom is 0.148 e. The predicted molar refractivity (Wildman–Crippen MR) is 86.1 cm³/mol. The van der Waals surface area contributed by atoms with Gasteiger partial charge in [0.15, 0.2) is 0 Å². The summed E-state index contributed by atoms with van der Waals surface area (Å²) >= 11 is 9.24. The van der Waals surface area contributed by atoms with Crippen LogP contribution in [0.2, 0.25) is 5.02 Å². The SMILES string of the molecule is CCNC(c1cc(C)nnc1C)c1ccc(Br)c(Cl)c1F. The lowest BCUT2D eigenvalue weighted by atomic mass is 9.97. The summed E-state index contributed by atoms with van der Waals surface area (Å²) in [6, 6.07) is 5.09. The first-order valence-electron chi connectivity index (χ1n) is 6.63. The van der Waals surface area contributed by atoms with Crippen LogP contribution in [-0.4, -0.2) is 16.7 Å². The topological polar surface area (TPSA) is 37.8 Å². The molecular formula is C15H16BrClFN3. The highest BCUT2D eigenvalue weighted by atomic mass is 79.9. The van der Waals surface area contributed by atoms with E-state index in [1.807, 2.05) is 26.8 Å². The maximum absolute atomic E-state index is 14.5. The first-order chi connectivity index (χ1) is 9.95. The number of nitrogens with one attached hydrogen (secondary N) is 1. The molecule has 1 N–H and O–H groups in total. The first-order valence-corrected chi connectivity index (χ1v) is 7.80. The molecule has 1 unspecified atom stereocenters. The monoisotopic (exact) mass is 371 g/mol. The third-order valence-electron chi connectivity index (χ3n) is 3.24. The van der Waals surface area contributed by atoms with Gasteiger partial charge < -0.3 is 5.32 Å². The summed E-state index contributed by atoms with van der Waals surface area (Å²) < 4.78 is 15.1. The van der Waals surface area contributed by atoms with Gasteiger partial charge in [-0.2, -0.15) is 10.2 Å². The van der Waals surface area contributed by atoms with Crippen LogP contribution in [0, 0.1) is 19.7 Å². The summed E-state index contributed by atoms with van der Waals surface area (Å²) in [4.78, 5) is 0. The van der Waals surface area contributed by atoms with Gasteiger partial charge in [0.2, 0.25) is 0 Å². The Kier molecular flexibility index (Phi) is 5.30. The van der Waals surface area contributed by atoms with Gasteiger partial charge in [0.25, 0.3) is 0 Å². The fraction of sp³-hybridized carbons (Fsp3) is 0.333. The van der Waals surface area contributed by atoms with Gasteiger partial charge in [-0.25, -0.2) is 4.39 Å². The second kappa shape index (κ2) is 6.81. The van der Waals surface area contributed by atoms with E-state index in [1.165, 1.54) is 0 Å². The fourth-order valence-corrected chi connectivity index (χ4v) is 2.70. The van der Waals surface area contributed by atoms with Crippen LogP contribution >= 0.6 is 27.5 Å². The third kappa shape index (κ3) is 3.42. The van der Waals surface area contributed by atoms with Crippen LogP contribution in [-0.2, 0) is 0 Å². The molecule has 0 saturated heterocycles. The molecule has 0 saturated carbocycles. The highest BCUT2D eigenvalue weighted by Crippen LogP contribution is 2.33. The number of aromatic nitrogens is 2. The second-order valence-electron chi connectivity index (χ2n) is 4.78. The van der Waals surface area contributed by atoms with Crippen molar-refractivity contribution in [2.75, 3.05) is 6.54 Å². The second-order valence-corrected chi connectivity index (χ2v) is 6.01. The third-order valence-corrected chi connectivity index (χ3v) is 4.49. The van der Waals surface area contributed by atoms with E-state index in [-0.39, 0.29) is 11.1 Å². The Balaban J connectivity index is 2.59. The van der Waals surface area contributed by atoms with Crippen LogP contribution in [0.15, 0.2) is 22.7 Å². The molecule has 6 heteroatoms. The molecular weight excluding hydrogens is 357 g/mol. The van der Waals surface area contributed by atoms with Gasteiger partial charge in [0, 0.05) is 10.0 Å². The minimum Gasteiger partial charge on any atom is -0.306 e. The first kappa shape index (κ1) is 16.3. The van der Waals surface area contributed by atoms with E-state index >= 15 is 0 Å². The van der Waals surface area contributed by atoms with Gasteiger partial charge in [-0.3, -0.25) is 0 Å². The van der Waals surface area contributed by atoms with Gasteiger partial charge >= 0.3 is 0 Å². The zero-order valence-corrected chi connectivity index (χ0v) is 14.4. The molecule has 1 atom stereocenters. The number of benzene rings is 1. The molecule has 0 spiro atoms. The van der Waals surface area contributed by atoms with Crippen molar-refractivity contribution in [3.63, 3.8) is 0 Å². The van der Waals surface area contributed by atoms with Crippen LogP contribution in [0.4, 0.5) is 4.39 Å². The molecule has 0 aliphatic carbocycles. The van der Waals surface area contributed by atoms with E-state index in [4.69, 9.17) is 11.6 Å². The average molecular weight is 373 g/mol.